The van der Waals surface area contributed by atoms with Gasteiger partial charge in [0.05, 0.1) is 35.9 Å². The van der Waals surface area contributed by atoms with Crippen LogP contribution >= 0.6 is 0 Å². The van der Waals surface area contributed by atoms with Gasteiger partial charge in [-0.1, -0.05) is 20.8 Å². The highest BCUT2D eigenvalue weighted by atomic mass is 16.7. The molecular formula is C33H62N2O10. The zero-order valence-electron chi connectivity index (χ0n) is 29.9. The van der Waals surface area contributed by atoms with Crippen molar-refractivity contribution < 1.29 is 48.6 Å². The third-order valence-electron chi connectivity index (χ3n) is 9.97. The molecule has 0 bridgehead atoms. The van der Waals surface area contributed by atoms with E-state index in [4.69, 9.17) is 23.7 Å². The minimum absolute atomic E-state index is 0.0868. The van der Waals surface area contributed by atoms with Crippen molar-refractivity contribution in [3.63, 3.8) is 0 Å². The number of carbonyl (C=O) groups excluding carboxylic acids is 2. The van der Waals surface area contributed by atoms with Crippen molar-refractivity contribution in [1.29, 1.82) is 0 Å². The fourth-order valence-corrected chi connectivity index (χ4v) is 7.45. The van der Waals surface area contributed by atoms with Crippen LogP contribution in [0.5, 0.6) is 0 Å². The predicted octanol–water partition coefficient (Wildman–Crippen LogP) is 2.20. The zero-order chi connectivity index (χ0) is 34.6. The van der Waals surface area contributed by atoms with Crippen molar-refractivity contribution in [1.82, 2.24) is 9.80 Å². The molecule has 2 fully saturated rings. The van der Waals surface area contributed by atoms with Crippen LogP contribution in [0.4, 0.5) is 0 Å². The molecule has 0 aromatic carbocycles. The van der Waals surface area contributed by atoms with E-state index in [2.05, 4.69) is 0 Å². The van der Waals surface area contributed by atoms with Gasteiger partial charge in [0, 0.05) is 32.5 Å². The lowest BCUT2D eigenvalue weighted by atomic mass is 9.78. The van der Waals surface area contributed by atoms with Crippen LogP contribution < -0.4 is 0 Å². The molecule has 1 unspecified atom stereocenters. The summed E-state index contributed by atoms with van der Waals surface area (Å²) >= 11 is 0. The lowest BCUT2D eigenvalue weighted by Gasteiger charge is -2.47. The maximum absolute atomic E-state index is 13.6. The molecule has 0 aromatic rings. The number of aliphatic hydroxyl groups is 3. The van der Waals surface area contributed by atoms with Gasteiger partial charge in [0.2, 0.25) is 0 Å². The van der Waals surface area contributed by atoms with Gasteiger partial charge in [-0.2, -0.15) is 0 Å². The second kappa shape index (κ2) is 16.1. The first kappa shape index (κ1) is 39.8. The zero-order valence-corrected chi connectivity index (χ0v) is 29.9. The van der Waals surface area contributed by atoms with Crippen molar-refractivity contribution in [2.75, 3.05) is 34.8 Å². The van der Waals surface area contributed by atoms with Crippen LogP contribution in [0, 0.1) is 17.8 Å². The molecule has 0 radical (unpaired) electrons. The number of hydrogen-bond donors (Lipinski definition) is 3. The molecule has 0 aromatic heterocycles. The Hall–Kier alpha value is -1.38. The number of hydrogen-bond acceptors (Lipinski definition) is 12. The van der Waals surface area contributed by atoms with Crippen molar-refractivity contribution in [3.8, 4) is 0 Å². The van der Waals surface area contributed by atoms with Crippen LogP contribution in [-0.2, 0) is 33.3 Å². The van der Waals surface area contributed by atoms with E-state index < -0.39 is 77.8 Å². The summed E-state index contributed by atoms with van der Waals surface area (Å²) < 4.78 is 30.5. The van der Waals surface area contributed by atoms with Gasteiger partial charge in [-0.25, -0.2) is 0 Å². The fraction of sp³-hybridized carbons (Fsp3) is 0.939. The SMILES string of the molecule is CC[C@H]1OC(=O)[C@H](C)C(OC)[C@H](C)[C@@H](O[C@@H]2O[C@H](C)C[C@H](N(C)C)[C@H]2OC(C)=O)[C@](C)(O)C[C@@H](C)CN(C)[C@H](C)[C@@H](O)[C@]1(C)O. The first-order valence-corrected chi connectivity index (χ1v) is 16.4. The quantitative estimate of drug-likeness (QED) is 0.364. The molecular weight excluding hydrogens is 584 g/mol. The number of likely N-dealkylation sites (N-methyl/N-ethyl adjacent to an activating group) is 2. The van der Waals surface area contributed by atoms with Crippen molar-refractivity contribution in [2.24, 2.45) is 17.8 Å². The summed E-state index contributed by atoms with van der Waals surface area (Å²) in [4.78, 5) is 29.7. The fourth-order valence-electron chi connectivity index (χ4n) is 7.45. The second-order valence-corrected chi connectivity index (χ2v) is 14.4. The Morgan fingerprint density at radius 2 is 1.71 bits per heavy atom. The number of nitrogens with zero attached hydrogens (tertiary/aromatic N) is 2. The second-order valence-electron chi connectivity index (χ2n) is 14.4. The minimum atomic E-state index is -1.73. The van der Waals surface area contributed by atoms with E-state index in [0.29, 0.717) is 13.0 Å². The van der Waals surface area contributed by atoms with Crippen LogP contribution in [0.2, 0.25) is 0 Å². The molecule has 264 valence electrons. The Labute approximate surface area is 270 Å². The molecule has 0 aliphatic carbocycles. The third-order valence-corrected chi connectivity index (χ3v) is 9.97. The lowest BCUT2D eigenvalue weighted by molar-refractivity contribution is -0.302. The van der Waals surface area contributed by atoms with Gasteiger partial charge in [0.25, 0.3) is 0 Å². The first-order chi connectivity index (χ1) is 20.7. The van der Waals surface area contributed by atoms with Crippen LogP contribution in [-0.4, -0.2) is 138 Å². The Bertz CT molecular complexity index is 962. The van der Waals surface area contributed by atoms with Gasteiger partial charge in [-0.15, -0.1) is 0 Å². The molecule has 3 N–H and O–H groups in total. The Balaban J connectivity index is 2.64. The summed E-state index contributed by atoms with van der Waals surface area (Å²) in [7, 11) is 7.15. The monoisotopic (exact) mass is 646 g/mol. The summed E-state index contributed by atoms with van der Waals surface area (Å²) in [6.45, 7) is 16.1. The standard InChI is InChI=1S/C33H62N2O10/c1-14-25-33(9,40)28(37)22(6)35(12)17-18(2)16-32(8,39)29(20(4)26(41-13)21(5)30(38)44-25)45-31-27(43-23(7)36)24(34(10)11)15-19(3)42-31/h18-22,24-29,31,37,39-40H,14-17H2,1-13H3/t18-,19-,20+,21-,22-,24+,25-,26?,27-,28-,29-,31+,32-,33-/m1/s1. The van der Waals surface area contributed by atoms with Gasteiger partial charge in [0.1, 0.15) is 17.8 Å². The van der Waals surface area contributed by atoms with E-state index in [0.717, 1.165) is 0 Å². The number of cyclic esters (lactones) is 1. The summed E-state index contributed by atoms with van der Waals surface area (Å²) in [6.07, 6.45) is -4.72. The van der Waals surface area contributed by atoms with Crippen LogP contribution in [0.15, 0.2) is 0 Å². The summed E-state index contributed by atoms with van der Waals surface area (Å²) in [5.74, 6) is -2.58. The highest BCUT2D eigenvalue weighted by Crippen LogP contribution is 2.37. The van der Waals surface area contributed by atoms with Gasteiger partial charge in [-0.05, 0) is 80.9 Å². The van der Waals surface area contributed by atoms with Crippen LogP contribution in [0.1, 0.15) is 81.6 Å². The largest absolute Gasteiger partial charge is 0.459 e. The number of esters is 2. The van der Waals surface area contributed by atoms with Crippen molar-refractivity contribution >= 4 is 11.9 Å². The van der Waals surface area contributed by atoms with E-state index in [1.165, 1.54) is 21.0 Å². The molecule has 0 saturated carbocycles. The van der Waals surface area contributed by atoms with E-state index in [1.807, 2.05) is 58.6 Å². The average Bonchev–Trinajstić information content (AvgIpc) is 2.93. The molecule has 45 heavy (non-hydrogen) atoms. The number of carbonyl (C=O) groups is 2. The van der Waals surface area contributed by atoms with E-state index in [-0.39, 0.29) is 30.9 Å². The van der Waals surface area contributed by atoms with Gasteiger partial charge >= 0.3 is 11.9 Å². The van der Waals surface area contributed by atoms with Crippen molar-refractivity contribution in [3.05, 3.63) is 0 Å². The Morgan fingerprint density at radius 1 is 1.11 bits per heavy atom. The normalized spacial score (nSPS) is 45.0. The summed E-state index contributed by atoms with van der Waals surface area (Å²) in [5.41, 5.74) is -3.19. The molecule has 2 saturated heterocycles. The maximum Gasteiger partial charge on any atom is 0.311 e. The molecule has 12 heteroatoms. The number of methoxy groups -OCH3 is 1. The van der Waals surface area contributed by atoms with Gasteiger partial charge in [-0.3, -0.25) is 9.59 Å². The lowest BCUT2D eigenvalue weighted by Crippen LogP contribution is -2.60. The topological polar surface area (TPSA) is 147 Å². The molecule has 2 rings (SSSR count). The molecule has 2 aliphatic rings. The molecule has 0 amide bonds. The highest BCUT2D eigenvalue weighted by Gasteiger charge is 2.51. The minimum Gasteiger partial charge on any atom is -0.459 e. The van der Waals surface area contributed by atoms with E-state index in [9.17, 15) is 24.9 Å². The molecule has 12 nitrogen and oxygen atoms in total. The Morgan fingerprint density at radius 3 is 2.22 bits per heavy atom. The highest BCUT2D eigenvalue weighted by molar-refractivity contribution is 5.73. The molecule has 2 aliphatic heterocycles. The average molecular weight is 647 g/mol. The van der Waals surface area contributed by atoms with Crippen LogP contribution in [0.25, 0.3) is 0 Å². The molecule has 2 heterocycles. The summed E-state index contributed by atoms with van der Waals surface area (Å²) in [6, 6.07) is -0.693. The van der Waals surface area contributed by atoms with Gasteiger partial charge < -0.3 is 48.8 Å². The smallest absolute Gasteiger partial charge is 0.311 e. The van der Waals surface area contributed by atoms with E-state index >= 15 is 0 Å². The molecule has 0 spiro atoms. The number of rotatable bonds is 6. The van der Waals surface area contributed by atoms with Crippen LogP contribution in [0.3, 0.4) is 0 Å². The number of aliphatic hydroxyl groups excluding tert-OH is 1. The number of ether oxygens (including phenoxy) is 5. The van der Waals surface area contributed by atoms with E-state index in [1.54, 1.807) is 20.8 Å². The predicted molar refractivity (Wildman–Crippen MR) is 169 cm³/mol. The maximum atomic E-state index is 13.6. The Kier molecular flexibility index (Phi) is 14.3. The first-order valence-electron chi connectivity index (χ1n) is 16.4. The van der Waals surface area contributed by atoms with Gasteiger partial charge in [0.15, 0.2) is 12.4 Å². The summed E-state index contributed by atoms with van der Waals surface area (Å²) in [5, 5.41) is 35.0. The van der Waals surface area contributed by atoms with Crippen molar-refractivity contribution in [2.45, 2.75) is 148 Å². The molecule has 14 atom stereocenters. The third kappa shape index (κ3) is 9.59.